The van der Waals surface area contributed by atoms with Gasteiger partial charge in [0.15, 0.2) is 11.5 Å². The fraction of sp³-hybridized carbons (Fsp3) is 0.400. The van der Waals surface area contributed by atoms with Crippen LogP contribution < -0.4 is 20.1 Å². The van der Waals surface area contributed by atoms with Gasteiger partial charge in [-0.15, -0.1) is 11.3 Å². The van der Waals surface area contributed by atoms with E-state index in [1.165, 1.54) is 0 Å². The predicted molar refractivity (Wildman–Crippen MR) is 109 cm³/mol. The number of anilines is 1. The van der Waals surface area contributed by atoms with Gasteiger partial charge in [-0.3, -0.25) is 14.5 Å². The lowest BCUT2D eigenvalue weighted by atomic mass is 10.2. The Morgan fingerprint density at radius 3 is 2.59 bits per heavy atom. The zero-order valence-corrected chi connectivity index (χ0v) is 16.7. The number of hydrogen-bond donors (Lipinski definition) is 2. The fourth-order valence-electron chi connectivity index (χ4n) is 3.36. The second kappa shape index (κ2) is 9.25. The molecule has 1 aromatic carbocycles. The summed E-state index contributed by atoms with van der Waals surface area (Å²) in [7, 11) is 0. The third-order valence-corrected chi connectivity index (χ3v) is 5.79. The van der Waals surface area contributed by atoms with Crippen LogP contribution >= 0.6 is 11.3 Å². The summed E-state index contributed by atoms with van der Waals surface area (Å²) in [6.45, 7) is 4.23. The second-order valence-corrected chi connectivity index (χ2v) is 7.68. The normalized spacial score (nSPS) is 17.4. The van der Waals surface area contributed by atoms with Gasteiger partial charge in [0, 0.05) is 36.3 Å². The number of rotatable bonds is 5. The highest BCUT2D eigenvalue weighted by molar-refractivity contribution is 7.10. The van der Waals surface area contributed by atoms with E-state index < -0.39 is 11.8 Å². The summed E-state index contributed by atoms with van der Waals surface area (Å²) < 4.78 is 16.4. The van der Waals surface area contributed by atoms with E-state index >= 15 is 0 Å². The molecule has 154 valence electrons. The number of nitrogens with zero attached hydrogens (tertiary/aromatic N) is 1. The Hall–Kier alpha value is -2.62. The molecule has 2 N–H and O–H groups in total. The maximum atomic E-state index is 12.4. The number of morpholine rings is 1. The Labute approximate surface area is 172 Å². The fourth-order valence-corrected chi connectivity index (χ4v) is 4.22. The maximum Gasteiger partial charge on any atom is 0.313 e. The van der Waals surface area contributed by atoms with Crippen LogP contribution in [-0.4, -0.2) is 62.8 Å². The molecule has 0 radical (unpaired) electrons. The molecule has 1 aromatic heterocycles. The minimum Gasteiger partial charge on any atom is -0.486 e. The Morgan fingerprint density at radius 1 is 1.03 bits per heavy atom. The number of ether oxygens (including phenoxy) is 3. The molecular formula is C20H23N3O5S. The number of nitrogens with one attached hydrogen (secondary N) is 2. The number of fused-ring (bicyclic) bond motifs is 1. The molecule has 1 fully saturated rings. The number of benzene rings is 1. The van der Waals surface area contributed by atoms with Gasteiger partial charge in [0.25, 0.3) is 0 Å². The molecule has 29 heavy (non-hydrogen) atoms. The third kappa shape index (κ3) is 4.87. The molecule has 8 nitrogen and oxygen atoms in total. The predicted octanol–water partition coefficient (Wildman–Crippen LogP) is 1.65. The molecule has 2 aromatic rings. The molecule has 9 heteroatoms. The molecule has 3 heterocycles. The molecule has 0 spiro atoms. The van der Waals surface area contributed by atoms with Crippen LogP contribution in [-0.2, 0) is 14.3 Å². The topological polar surface area (TPSA) is 89.1 Å². The van der Waals surface area contributed by atoms with Gasteiger partial charge >= 0.3 is 11.8 Å². The molecule has 0 aliphatic carbocycles. The van der Waals surface area contributed by atoms with Gasteiger partial charge in [-0.2, -0.15) is 0 Å². The van der Waals surface area contributed by atoms with E-state index in [1.54, 1.807) is 29.5 Å². The van der Waals surface area contributed by atoms with Crippen LogP contribution in [0.3, 0.4) is 0 Å². The Morgan fingerprint density at radius 2 is 1.83 bits per heavy atom. The first-order valence-electron chi connectivity index (χ1n) is 9.55. The first-order valence-corrected chi connectivity index (χ1v) is 10.4. The third-order valence-electron chi connectivity index (χ3n) is 4.82. The molecule has 0 saturated carbocycles. The lowest BCUT2D eigenvalue weighted by molar-refractivity contribution is -0.136. The highest BCUT2D eigenvalue weighted by Gasteiger charge is 2.25. The van der Waals surface area contributed by atoms with Crippen LogP contribution in [0.5, 0.6) is 11.5 Å². The second-order valence-electron chi connectivity index (χ2n) is 6.70. The van der Waals surface area contributed by atoms with Gasteiger partial charge in [0.1, 0.15) is 13.2 Å². The van der Waals surface area contributed by atoms with Crippen LogP contribution in [0, 0.1) is 0 Å². The Bertz CT molecular complexity index is 852. The summed E-state index contributed by atoms with van der Waals surface area (Å²) in [6, 6.07) is 9.11. The van der Waals surface area contributed by atoms with E-state index in [-0.39, 0.29) is 6.04 Å². The van der Waals surface area contributed by atoms with Gasteiger partial charge in [-0.25, -0.2) is 0 Å². The molecule has 2 aliphatic rings. The van der Waals surface area contributed by atoms with Crippen molar-refractivity contribution in [2.75, 3.05) is 51.4 Å². The summed E-state index contributed by atoms with van der Waals surface area (Å²) in [6.07, 6.45) is 0. The summed E-state index contributed by atoms with van der Waals surface area (Å²) in [4.78, 5) is 28.1. The van der Waals surface area contributed by atoms with E-state index in [2.05, 4.69) is 15.5 Å². The monoisotopic (exact) mass is 417 g/mol. The molecular weight excluding hydrogens is 394 g/mol. The maximum absolute atomic E-state index is 12.4. The van der Waals surface area contributed by atoms with Crippen LogP contribution in [0.1, 0.15) is 10.9 Å². The van der Waals surface area contributed by atoms with E-state index in [9.17, 15) is 9.59 Å². The standard InChI is InChI=1S/C20H23N3O5S/c24-19(20(25)22-14-3-4-16-17(12-14)28-10-9-27-16)21-13-15(18-2-1-11-29-18)23-5-7-26-8-6-23/h1-4,11-12,15H,5-10,13H2,(H,21,24)(H,22,25)/t15-/m0/s1. The van der Waals surface area contributed by atoms with Gasteiger partial charge in [-0.1, -0.05) is 6.07 Å². The summed E-state index contributed by atoms with van der Waals surface area (Å²) >= 11 is 1.64. The van der Waals surface area contributed by atoms with E-state index in [1.807, 2.05) is 17.5 Å². The van der Waals surface area contributed by atoms with Crippen LogP contribution in [0.2, 0.25) is 0 Å². The number of carbonyl (C=O) groups excluding carboxylic acids is 2. The smallest absolute Gasteiger partial charge is 0.313 e. The van der Waals surface area contributed by atoms with E-state index in [4.69, 9.17) is 14.2 Å². The van der Waals surface area contributed by atoms with E-state index in [0.717, 1.165) is 18.0 Å². The van der Waals surface area contributed by atoms with Crippen LogP contribution in [0.4, 0.5) is 5.69 Å². The molecule has 2 aliphatic heterocycles. The Balaban J connectivity index is 1.35. The van der Waals surface area contributed by atoms with Crippen molar-refractivity contribution < 1.29 is 23.8 Å². The number of thiophene rings is 1. The average molecular weight is 417 g/mol. The highest BCUT2D eigenvalue weighted by atomic mass is 32.1. The SMILES string of the molecule is O=C(NC[C@@H](c1cccs1)N1CCOCC1)C(=O)Nc1ccc2c(c1)OCCO2. The number of hydrogen-bond acceptors (Lipinski definition) is 7. The largest absolute Gasteiger partial charge is 0.486 e. The zero-order chi connectivity index (χ0) is 20.1. The van der Waals surface area contributed by atoms with E-state index in [0.29, 0.717) is 50.2 Å². The van der Waals surface area contributed by atoms with Crippen molar-refractivity contribution in [3.05, 3.63) is 40.6 Å². The first-order chi connectivity index (χ1) is 14.2. The lowest BCUT2D eigenvalue weighted by Crippen LogP contribution is -2.45. The van der Waals surface area contributed by atoms with Crippen LogP contribution in [0.15, 0.2) is 35.7 Å². The van der Waals surface area contributed by atoms with Crippen molar-refractivity contribution in [3.8, 4) is 11.5 Å². The molecule has 2 amide bonds. The molecule has 1 atom stereocenters. The van der Waals surface area contributed by atoms with Crippen molar-refractivity contribution in [2.45, 2.75) is 6.04 Å². The highest BCUT2D eigenvalue weighted by Crippen LogP contribution is 2.32. The summed E-state index contributed by atoms with van der Waals surface area (Å²) in [5.74, 6) is -0.203. The van der Waals surface area contributed by atoms with Crippen molar-refractivity contribution in [1.29, 1.82) is 0 Å². The molecule has 4 rings (SSSR count). The minimum absolute atomic E-state index is 0.0185. The first kappa shape index (κ1) is 19.7. The summed E-state index contributed by atoms with van der Waals surface area (Å²) in [5, 5.41) is 7.39. The van der Waals surface area contributed by atoms with Crippen molar-refractivity contribution >= 4 is 28.8 Å². The van der Waals surface area contributed by atoms with Gasteiger partial charge < -0.3 is 24.8 Å². The Kier molecular flexibility index (Phi) is 6.28. The van der Waals surface area contributed by atoms with Gasteiger partial charge in [0.05, 0.1) is 19.3 Å². The zero-order valence-electron chi connectivity index (χ0n) is 15.9. The van der Waals surface area contributed by atoms with Crippen molar-refractivity contribution in [1.82, 2.24) is 10.2 Å². The minimum atomic E-state index is -0.714. The molecule has 0 bridgehead atoms. The quantitative estimate of drug-likeness (QED) is 0.719. The van der Waals surface area contributed by atoms with Gasteiger partial charge in [-0.05, 0) is 23.6 Å². The molecule has 0 unspecified atom stereocenters. The van der Waals surface area contributed by atoms with Crippen LogP contribution in [0.25, 0.3) is 0 Å². The molecule has 1 saturated heterocycles. The lowest BCUT2D eigenvalue weighted by Gasteiger charge is -2.34. The van der Waals surface area contributed by atoms with Crippen molar-refractivity contribution in [3.63, 3.8) is 0 Å². The number of carbonyl (C=O) groups is 2. The van der Waals surface area contributed by atoms with Crippen molar-refractivity contribution in [2.24, 2.45) is 0 Å². The number of amides is 2. The average Bonchev–Trinajstić information content (AvgIpc) is 3.29. The van der Waals surface area contributed by atoms with Gasteiger partial charge in [0.2, 0.25) is 0 Å². The summed E-state index contributed by atoms with van der Waals surface area (Å²) in [5.41, 5.74) is 0.484.